The number of aliphatic hydroxyl groups is 1. The van der Waals surface area contributed by atoms with E-state index in [1.54, 1.807) is 0 Å². The summed E-state index contributed by atoms with van der Waals surface area (Å²) in [5.41, 5.74) is 0.652. The maximum Gasteiger partial charge on any atom is 0.309 e. The third kappa shape index (κ3) is 4.21. The predicted octanol–water partition coefficient (Wildman–Crippen LogP) is 6.11. The van der Waals surface area contributed by atoms with Crippen LogP contribution in [0.25, 0.3) is 0 Å². The highest BCUT2D eigenvalue weighted by Crippen LogP contribution is 2.89. The molecule has 6 saturated carbocycles. The van der Waals surface area contributed by atoms with Gasteiger partial charge in [-0.3, -0.25) is 4.79 Å². The number of ether oxygens (including phenoxy) is 4. The molecule has 0 aromatic heterocycles. The van der Waals surface area contributed by atoms with Crippen molar-refractivity contribution in [1.82, 2.24) is 5.32 Å². The lowest BCUT2D eigenvalue weighted by molar-refractivity contribution is -0.237. The zero-order valence-corrected chi connectivity index (χ0v) is 29.1. The SMILES string of the molecule is CC(C)[C@@H](OC(=O)C1CC1)C1C[C@@H](C)[C@H]2C(O1)[C@H](O)[C@@]1(C)C3CC[C@H]4C(C)(C)C(O[C@H]5CNCCO5)CC[C@@]45C[C@@]35CC[C@]21C. The Morgan fingerprint density at radius 2 is 1.71 bits per heavy atom. The Bertz CT molecular complexity index is 1180. The van der Waals surface area contributed by atoms with E-state index < -0.39 is 6.10 Å². The molecule has 0 bridgehead atoms. The minimum absolute atomic E-state index is 0.0349. The van der Waals surface area contributed by atoms with Crippen LogP contribution < -0.4 is 5.32 Å². The molecular weight excluding hydrogens is 566 g/mol. The Hall–Kier alpha value is -0.730. The van der Waals surface area contributed by atoms with Crippen LogP contribution in [0.2, 0.25) is 0 Å². The molecule has 2 N–H and O–H groups in total. The maximum absolute atomic E-state index is 12.8. The van der Waals surface area contributed by atoms with E-state index in [1.807, 2.05) is 0 Å². The molecule has 0 aromatic rings. The zero-order valence-electron chi connectivity index (χ0n) is 29.1. The molecule has 8 aliphatic rings. The smallest absolute Gasteiger partial charge is 0.309 e. The Morgan fingerprint density at radius 3 is 2.40 bits per heavy atom. The summed E-state index contributed by atoms with van der Waals surface area (Å²) in [5.74, 6) is 2.13. The van der Waals surface area contributed by atoms with Crippen LogP contribution in [0.3, 0.4) is 0 Å². The summed E-state index contributed by atoms with van der Waals surface area (Å²) < 4.78 is 25.9. The van der Waals surface area contributed by atoms with Gasteiger partial charge in [0.1, 0.15) is 6.10 Å². The van der Waals surface area contributed by atoms with Gasteiger partial charge >= 0.3 is 5.97 Å². The topological polar surface area (TPSA) is 86.3 Å². The Kier molecular flexibility index (Phi) is 7.28. The molecule has 4 unspecified atom stereocenters. The first-order valence-electron chi connectivity index (χ1n) is 18.8. The lowest BCUT2D eigenvalue weighted by atomic mass is 9.41. The van der Waals surface area contributed by atoms with Crippen LogP contribution in [0.4, 0.5) is 0 Å². The summed E-state index contributed by atoms with van der Waals surface area (Å²) in [7, 11) is 0. The van der Waals surface area contributed by atoms with Gasteiger partial charge in [0, 0.05) is 18.5 Å². The summed E-state index contributed by atoms with van der Waals surface area (Å²) in [5, 5.41) is 16.0. The van der Waals surface area contributed by atoms with Crippen molar-refractivity contribution in [1.29, 1.82) is 0 Å². The second-order valence-corrected chi connectivity index (χ2v) is 18.6. The van der Waals surface area contributed by atoms with E-state index in [0.29, 0.717) is 34.5 Å². The molecule has 2 spiro atoms. The van der Waals surface area contributed by atoms with Gasteiger partial charge in [-0.2, -0.15) is 0 Å². The second kappa shape index (κ2) is 10.4. The molecule has 0 amide bonds. The summed E-state index contributed by atoms with van der Waals surface area (Å²) in [6.07, 6.45) is 10.4. The summed E-state index contributed by atoms with van der Waals surface area (Å²) in [6.45, 7) is 19.1. The number of hydrogen-bond donors (Lipinski definition) is 2. The summed E-state index contributed by atoms with van der Waals surface area (Å²) in [6, 6.07) is 0. The van der Waals surface area contributed by atoms with Gasteiger partial charge in [-0.05, 0) is 115 Å². The number of carbonyl (C=O) groups is 1. The number of esters is 1. The van der Waals surface area contributed by atoms with Crippen LogP contribution >= 0.6 is 0 Å². The van der Waals surface area contributed by atoms with Crippen molar-refractivity contribution in [3.05, 3.63) is 0 Å². The molecule has 254 valence electrons. The van der Waals surface area contributed by atoms with Crippen molar-refractivity contribution < 1.29 is 28.8 Å². The van der Waals surface area contributed by atoms with Crippen LogP contribution in [0.5, 0.6) is 0 Å². The van der Waals surface area contributed by atoms with Crippen LogP contribution in [0.1, 0.15) is 113 Å². The zero-order chi connectivity index (χ0) is 31.7. The predicted molar refractivity (Wildman–Crippen MR) is 171 cm³/mol. The van der Waals surface area contributed by atoms with E-state index >= 15 is 0 Å². The van der Waals surface area contributed by atoms with Crippen molar-refractivity contribution in [3.8, 4) is 0 Å². The molecule has 2 saturated heterocycles. The molecule has 45 heavy (non-hydrogen) atoms. The van der Waals surface area contributed by atoms with E-state index in [0.717, 1.165) is 45.4 Å². The Morgan fingerprint density at radius 1 is 0.978 bits per heavy atom. The first kappa shape index (κ1) is 31.5. The van der Waals surface area contributed by atoms with Gasteiger partial charge < -0.3 is 29.4 Å². The van der Waals surface area contributed by atoms with Crippen molar-refractivity contribution >= 4 is 5.97 Å². The molecular formula is C38H61NO6. The van der Waals surface area contributed by atoms with Crippen LogP contribution in [0.15, 0.2) is 0 Å². The van der Waals surface area contributed by atoms with Gasteiger partial charge in [-0.25, -0.2) is 0 Å². The molecule has 8 fully saturated rings. The molecule has 2 aliphatic heterocycles. The van der Waals surface area contributed by atoms with Crippen LogP contribution in [-0.4, -0.2) is 67.6 Å². The highest BCUT2D eigenvalue weighted by molar-refractivity contribution is 5.75. The largest absolute Gasteiger partial charge is 0.459 e. The number of aliphatic hydroxyl groups excluding tert-OH is 1. The van der Waals surface area contributed by atoms with Crippen molar-refractivity contribution in [3.63, 3.8) is 0 Å². The second-order valence-electron chi connectivity index (χ2n) is 18.6. The van der Waals surface area contributed by atoms with Gasteiger partial charge in [-0.15, -0.1) is 0 Å². The highest BCUT2D eigenvalue weighted by Gasteiger charge is 2.84. The number of carbonyl (C=O) groups excluding carboxylic acids is 1. The molecule has 0 aromatic carbocycles. The molecule has 8 rings (SSSR count). The van der Waals surface area contributed by atoms with E-state index in [1.165, 1.54) is 38.5 Å². The number of rotatable bonds is 6. The molecule has 2 heterocycles. The van der Waals surface area contributed by atoms with Crippen LogP contribution in [-0.2, 0) is 23.7 Å². The molecule has 0 radical (unpaired) electrons. The average molecular weight is 628 g/mol. The van der Waals surface area contributed by atoms with E-state index in [4.69, 9.17) is 18.9 Å². The minimum Gasteiger partial charge on any atom is -0.459 e. The molecule has 14 atom stereocenters. The number of morpholine rings is 1. The van der Waals surface area contributed by atoms with Crippen molar-refractivity contribution in [2.45, 2.75) is 149 Å². The summed E-state index contributed by atoms with van der Waals surface area (Å²) in [4.78, 5) is 12.8. The molecule has 6 aliphatic carbocycles. The minimum atomic E-state index is -0.496. The van der Waals surface area contributed by atoms with Crippen LogP contribution in [0, 0.1) is 62.6 Å². The van der Waals surface area contributed by atoms with E-state index in [2.05, 4.69) is 53.8 Å². The van der Waals surface area contributed by atoms with Gasteiger partial charge in [0.25, 0.3) is 0 Å². The fourth-order valence-corrected chi connectivity index (χ4v) is 13.8. The average Bonchev–Trinajstić information content (AvgIpc) is 3.92. The monoisotopic (exact) mass is 627 g/mol. The first-order chi connectivity index (χ1) is 21.3. The lowest BCUT2D eigenvalue weighted by Gasteiger charge is -2.63. The number of nitrogens with one attached hydrogen (secondary N) is 1. The fraction of sp³-hybridized carbons (Fsp3) is 0.974. The standard InChI is InChI=1S/C38H61NO6/c1-21(2)30(45-33(41)23-8-9-23)24-18-22(3)29-31(43-24)32(40)36(7)26-11-10-25-34(4,5)27(44-28-19-39-16-17-42-28)12-13-37(25)20-38(26,37)15-14-35(29,36)6/h21-32,39-40H,8-20H2,1-7H3/t22-,24?,25+,26?,27?,28+,29+,30-,31?,32+,35-,36-,37-,38+/m1/s1. The van der Waals surface area contributed by atoms with Crippen molar-refractivity contribution in [2.75, 3.05) is 19.7 Å². The number of fused-ring (bicyclic) bond motifs is 4. The van der Waals surface area contributed by atoms with Gasteiger partial charge in [-0.1, -0.05) is 48.5 Å². The highest BCUT2D eigenvalue weighted by atomic mass is 16.7. The normalized spacial score (nSPS) is 53.8. The third-order valence-electron chi connectivity index (χ3n) is 16.2. The fourth-order valence-electron chi connectivity index (χ4n) is 13.8. The van der Waals surface area contributed by atoms with E-state index in [-0.39, 0.29) is 64.8 Å². The van der Waals surface area contributed by atoms with Gasteiger partial charge in [0.15, 0.2) is 6.29 Å². The van der Waals surface area contributed by atoms with E-state index in [9.17, 15) is 9.90 Å². The Balaban J connectivity index is 1.05. The third-order valence-corrected chi connectivity index (χ3v) is 16.2. The maximum atomic E-state index is 12.8. The molecule has 7 heteroatoms. The van der Waals surface area contributed by atoms with Crippen molar-refractivity contribution in [2.24, 2.45) is 62.6 Å². The Labute approximate surface area is 271 Å². The van der Waals surface area contributed by atoms with Gasteiger partial charge in [0.2, 0.25) is 0 Å². The summed E-state index contributed by atoms with van der Waals surface area (Å²) >= 11 is 0. The molecule has 7 nitrogen and oxygen atoms in total. The lowest BCUT2D eigenvalue weighted by Crippen LogP contribution is -2.60. The number of hydrogen-bond acceptors (Lipinski definition) is 7. The van der Waals surface area contributed by atoms with Gasteiger partial charge in [0.05, 0.1) is 36.9 Å². The quantitative estimate of drug-likeness (QED) is 0.344. The first-order valence-corrected chi connectivity index (χ1v) is 18.8.